The molecule has 1 aliphatic heterocycles. The van der Waals surface area contributed by atoms with Gasteiger partial charge in [0.2, 0.25) is 0 Å². The van der Waals surface area contributed by atoms with Crippen LogP contribution >= 0.6 is 23.2 Å². The molecule has 1 nitrogen and oxygen atoms in total. The quantitative estimate of drug-likeness (QED) is 0.795. The largest absolute Gasteiger partial charge is 0.316 e. The number of benzene rings is 1. The first-order valence-electron chi connectivity index (χ1n) is 5.36. The highest BCUT2D eigenvalue weighted by Crippen LogP contribution is 2.62. The fraction of sp³-hybridized carbons (Fsp3) is 0.500. The van der Waals surface area contributed by atoms with Crippen LogP contribution in [0.1, 0.15) is 24.3 Å². The van der Waals surface area contributed by atoms with Gasteiger partial charge in [0.25, 0.3) is 0 Å². The number of hydrogen-bond acceptors (Lipinski definition) is 1. The number of halogens is 2. The molecule has 2 aliphatic rings. The van der Waals surface area contributed by atoms with Gasteiger partial charge in [0.15, 0.2) is 0 Å². The second-order valence-corrected chi connectivity index (χ2v) is 5.62. The van der Waals surface area contributed by atoms with Crippen LogP contribution in [0.2, 0.25) is 10.0 Å². The monoisotopic (exact) mass is 241 g/mol. The highest BCUT2D eigenvalue weighted by Gasteiger charge is 2.55. The molecular weight excluding hydrogens is 229 g/mol. The Kier molecular flexibility index (Phi) is 2.24. The summed E-state index contributed by atoms with van der Waals surface area (Å²) in [5.41, 5.74) is 1.84. The lowest BCUT2D eigenvalue weighted by molar-refractivity contribution is 0.549. The van der Waals surface area contributed by atoms with Crippen molar-refractivity contribution in [3.63, 3.8) is 0 Å². The van der Waals surface area contributed by atoms with Crippen LogP contribution in [0.25, 0.3) is 0 Å². The van der Waals surface area contributed by atoms with E-state index in [0.717, 1.165) is 23.1 Å². The molecule has 0 radical (unpaired) electrons. The Balaban J connectivity index is 1.89. The van der Waals surface area contributed by atoms with Gasteiger partial charge in [-0.2, -0.15) is 0 Å². The highest BCUT2D eigenvalue weighted by atomic mass is 35.5. The van der Waals surface area contributed by atoms with Crippen LogP contribution in [0.5, 0.6) is 0 Å². The maximum absolute atomic E-state index is 6.02. The zero-order valence-electron chi connectivity index (χ0n) is 8.39. The van der Waals surface area contributed by atoms with Gasteiger partial charge in [-0.05, 0) is 54.5 Å². The molecule has 15 heavy (non-hydrogen) atoms. The van der Waals surface area contributed by atoms with E-state index in [1.807, 2.05) is 0 Å². The molecule has 1 aliphatic carbocycles. The Morgan fingerprint density at radius 2 is 1.93 bits per heavy atom. The van der Waals surface area contributed by atoms with Crippen molar-refractivity contribution in [2.24, 2.45) is 5.41 Å². The average Bonchev–Trinajstić information content (AvgIpc) is 2.63. The Labute approximate surface area is 99.8 Å². The summed E-state index contributed by atoms with van der Waals surface area (Å²) in [7, 11) is 0. The van der Waals surface area contributed by atoms with Gasteiger partial charge in [-0.3, -0.25) is 0 Å². The van der Waals surface area contributed by atoms with E-state index in [9.17, 15) is 0 Å². The molecule has 1 aromatic carbocycles. The topological polar surface area (TPSA) is 12.0 Å². The first-order chi connectivity index (χ1) is 7.20. The lowest BCUT2D eigenvalue weighted by Crippen LogP contribution is -2.10. The molecule has 1 aromatic rings. The molecule has 0 bridgehead atoms. The second-order valence-electron chi connectivity index (χ2n) is 4.75. The number of hydrogen-bond donors (Lipinski definition) is 1. The van der Waals surface area contributed by atoms with Crippen molar-refractivity contribution >= 4 is 23.2 Å². The van der Waals surface area contributed by atoms with Crippen LogP contribution in [-0.2, 0) is 0 Å². The molecule has 80 valence electrons. The highest BCUT2D eigenvalue weighted by molar-refractivity contribution is 6.34. The fourth-order valence-electron chi connectivity index (χ4n) is 2.83. The maximum Gasteiger partial charge on any atom is 0.0423 e. The van der Waals surface area contributed by atoms with E-state index in [4.69, 9.17) is 23.2 Å². The molecule has 2 fully saturated rings. The summed E-state index contributed by atoms with van der Waals surface area (Å²) >= 11 is 12.0. The van der Waals surface area contributed by atoms with Crippen molar-refractivity contribution in [1.82, 2.24) is 5.32 Å². The third kappa shape index (κ3) is 1.67. The summed E-state index contributed by atoms with van der Waals surface area (Å²) in [4.78, 5) is 0. The molecule has 3 heteroatoms. The molecule has 3 rings (SSSR count). The van der Waals surface area contributed by atoms with E-state index in [0.29, 0.717) is 11.3 Å². The minimum absolute atomic E-state index is 0.522. The summed E-state index contributed by atoms with van der Waals surface area (Å²) in [6.45, 7) is 2.31. The predicted octanol–water partition coefficient (Wildman–Crippen LogP) is 3.46. The van der Waals surface area contributed by atoms with Crippen LogP contribution in [0.15, 0.2) is 18.2 Å². The third-order valence-corrected chi connectivity index (χ3v) is 4.19. The van der Waals surface area contributed by atoms with E-state index in [2.05, 4.69) is 17.4 Å². The van der Waals surface area contributed by atoms with E-state index < -0.39 is 0 Å². The lowest BCUT2D eigenvalue weighted by atomic mass is 9.98. The molecule has 0 amide bonds. The van der Waals surface area contributed by atoms with Gasteiger partial charge >= 0.3 is 0 Å². The molecule has 2 atom stereocenters. The molecule has 1 spiro atoms. The van der Waals surface area contributed by atoms with Crippen molar-refractivity contribution in [2.45, 2.75) is 18.8 Å². The van der Waals surface area contributed by atoms with Crippen LogP contribution in [-0.4, -0.2) is 13.1 Å². The zero-order chi connectivity index (χ0) is 10.5. The Morgan fingerprint density at radius 3 is 2.53 bits per heavy atom. The lowest BCUT2D eigenvalue weighted by Gasteiger charge is -2.08. The Morgan fingerprint density at radius 1 is 1.20 bits per heavy atom. The zero-order valence-corrected chi connectivity index (χ0v) is 9.91. The number of rotatable bonds is 1. The normalized spacial score (nSPS) is 33.6. The molecule has 0 unspecified atom stereocenters. The molecule has 1 N–H and O–H groups in total. The van der Waals surface area contributed by atoms with Gasteiger partial charge in [0, 0.05) is 16.6 Å². The van der Waals surface area contributed by atoms with E-state index >= 15 is 0 Å². The SMILES string of the molecule is Clc1cc(Cl)cc([C@@H]2C[C@]23CCNC3)c1. The molecule has 0 aromatic heterocycles. The van der Waals surface area contributed by atoms with Gasteiger partial charge in [-0.25, -0.2) is 0 Å². The Hall–Kier alpha value is -0.240. The molecule has 1 saturated heterocycles. The molecule has 1 heterocycles. The van der Waals surface area contributed by atoms with Crippen molar-refractivity contribution in [2.75, 3.05) is 13.1 Å². The van der Waals surface area contributed by atoms with E-state index in [1.54, 1.807) is 6.07 Å². The Bertz CT molecular complexity index is 376. The summed E-state index contributed by atoms with van der Waals surface area (Å²) in [5, 5.41) is 4.95. The minimum Gasteiger partial charge on any atom is -0.316 e. The maximum atomic E-state index is 6.02. The van der Waals surface area contributed by atoms with Crippen LogP contribution in [0.3, 0.4) is 0 Å². The minimum atomic E-state index is 0.522. The molecular formula is C12H13Cl2N. The summed E-state index contributed by atoms with van der Waals surface area (Å²) in [5.74, 6) is 0.670. The van der Waals surface area contributed by atoms with E-state index in [1.165, 1.54) is 18.4 Å². The first kappa shape index (κ1) is 9.95. The first-order valence-corrected chi connectivity index (χ1v) is 6.12. The van der Waals surface area contributed by atoms with Crippen LogP contribution < -0.4 is 5.32 Å². The number of nitrogens with one attached hydrogen (secondary N) is 1. The van der Waals surface area contributed by atoms with Crippen LogP contribution in [0, 0.1) is 5.41 Å². The second kappa shape index (κ2) is 3.38. The summed E-state index contributed by atoms with van der Waals surface area (Å²) < 4.78 is 0. The average molecular weight is 242 g/mol. The van der Waals surface area contributed by atoms with Gasteiger partial charge < -0.3 is 5.32 Å². The van der Waals surface area contributed by atoms with Gasteiger partial charge in [-0.15, -0.1) is 0 Å². The molecule has 1 saturated carbocycles. The third-order valence-electron chi connectivity index (χ3n) is 3.75. The van der Waals surface area contributed by atoms with Crippen LogP contribution in [0.4, 0.5) is 0 Å². The van der Waals surface area contributed by atoms with Crippen molar-refractivity contribution < 1.29 is 0 Å². The standard InChI is InChI=1S/C12H13Cl2N/c13-9-3-8(4-10(14)5-9)11-6-12(11)1-2-15-7-12/h3-5,11,15H,1-2,6-7H2/t11-,12-/m0/s1. The smallest absolute Gasteiger partial charge is 0.0423 e. The summed E-state index contributed by atoms with van der Waals surface area (Å²) in [6, 6.07) is 5.92. The van der Waals surface area contributed by atoms with Crippen molar-refractivity contribution in [3.8, 4) is 0 Å². The summed E-state index contributed by atoms with van der Waals surface area (Å²) in [6.07, 6.45) is 2.58. The van der Waals surface area contributed by atoms with Crippen molar-refractivity contribution in [3.05, 3.63) is 33.8 Å². The van der Waals surface area contributed by atoms with Crippen molar-refractivity contribution in [1.29, 1.82) is 0 Å². The fourth-order valence-corrected chi connectivity index (χ4v) is 3.37. The van der Waals surface area contributed by atoms with Gasteiger partial charge in [-0.1, -0.05) is 23.2 Å². The van der Waals surface area contributed by atoms with Gasteiger partial charge in [0.1, 0.15) is 0 Å². The van der Waals surface area contributed by atoms with Gasteiger partial charge in [0.05, 0.1) is 0 Å². The predicted molar refractivity (Wildman–Crippen MR) is 63.7 cm³/mol. The van der Waals surface area contributed by atoms with E-state index in [-0.39, 0.29) is 0 Å².